The smallest absolute Gasteiger partial charge is 0.341 e. The third-order valence-electron chi connectivity index (χ3n) is 4.43. The fourth-order valence-electron chi connectivity index (χ4n) is 3.05. The zero-order valence-electron chi connectivity index (χ0n) is 14.0. The number of aromatic carboxylic acids is 1. The fraction of sp³-hybridized carbons (Fsp3) is 0.211. The molecule has 0 unspecified atom stereocenters. The van der Waals surface area contributed by atoms with Crippen LogP contribution in [0.15, 0.2) is 35.0 Å². The number of amides is 1. The first-order valence-electron chi connectivity index (χ1n) is 8.17. The number of hydrogen-bond acceptors (Lipinski definition) is 5. The number of carbonyl (C=O) groups is 2. The summed E-state index contributed by atoms with van der Waals surface area (Å²) in [5.41, 5.74) is 2.61. The van der Waals surface area contributed by atoms with Crippen molar-refractivity contribution in [3.63, 3.8) is 0 Å². The van der Waals surface area contributed by atoms with E-state index in [1.165, 1.54) is 24.5 Å². The highest BCUT2D eigenvalue weighted by atomic mass is 32.1. The van der Waals surface area contributed by atoms with Gasteiger partial charge in [-0.2, -0.15) is 11.3 Å². The second-order valence-corrected chi connectivity index (χ2v) is 6.97. The van der Waals surface area contributed by atoms with E-state index in [0.29, 0.717) is 22.4 Å². The second-order valence-electron chi connectivity index (χ2n) is 6.19. The van der Waals surface area contributed by atoms with Crippen LogP contribution in [0.1, 0.15) is 45.0 Å². The van der Waals surface area contributed by atoms with Crippen LogP contribution in [0.2, 0.25) is 0 Å². The Bertz CT molecular complexity index is 1010. The number of hydrogen-bond donors (Lipinski definition) is 2. The van der Waals surface area contributed by atoms with Crippen molar-refractivity contribution in [3.05, 3.63) is 51.7 Å². The minimum Gasteiger partial charge on any atom is -0.480 e. The highest BCUT2D eigenvalue weighted by Crippen LogP contribution is 2.43. The van der Waals surface area contributed by atoms with E-state index in [1.54, 1.807) is 0 Å². The summed E-state index contributed by atoms with van der Waals surface area (Å²) in [7, 11) is 1.37. The minimum absolute atomic E-state index is 0.00234. The number of carbonyl (C=O) groups excluding carboxylic acids is 1. The third kappa shape index (κ3) is 2.90. The number of carboxylic acids is 1. The molecule has 0 spiro atoms. The van der Waals surface area contributed by atoms with E-state index in [4.69, 9.17) is 4.74 Å². The fourth-order valence-corrected chi connectivity index (χ4v) is 3.64. The summed E-state index contributed by atoms with van der Waals surface area (Å²) in [5.74, 6) is -1.02. The Hall–Kier alpha value is -2.93. The van der Waals surface area contributed by atoms with Crippen molar-refractivity contribution in [2.24, 2.45) is 0 Å². The number of nitrogens with one attached hydrogen (secondary N) is 1. The van der Waals surface area contributed by atoms with Gasteiger partial charge in [-0.15, -0.1) is 0 Å². The molecule has 0 bridgehead atoms. The van der Waals surface area contributed by atoms with Gasteiger partial charge in [0.1, 0.15) is 5.56 Å². The van der Waals surface area contributed by atoms with Crippen LogP contribution < -0.4 is 10.1 Å². The van der Waals surface area contributed by atoms with Crippen LogP contribution in [-0.2, 0) is 0 Å². The molecule has 1 aromatic carbocycles. The summed E-state index contributed by atoms with van der Waals surface area (Å²) >= 11 is 1.50. The predicted octanol–water partition coefficient (Wildman–Crippen LogP) is 4.13. The van der Waals surface area contributed by atoms with Gasteiger partial charge in [0.15, 0.2) is 0 Å². The number of benzene rings is 1. The molecule has 26 heavy (non-hydrogen) atoms. The Kier molecular flexibility index (Phi) is 4.08. The van der Waals surface area contributed by atoms with Crippen LogP contribution >= 0.6 is 11.3 Å². The van der Waals surface area contributed by atoms with E-state index in [2.05, 4.69) is 10.3 Å². The van der Waals surface area contributed by atoms with Gasteiger partial charge in [-0.3, -0.25) is 4.79 Å². The summed E-state index contributed by atoms with van der Waals surface area (Å²) in [6.07, 6.45) is 2.07. The van der Waals surface area contributed by atoms with Gasteiger partial charge >= 0.3 is 5.97 Å². The van der Waals surface area contributed by atoms with Gasteiger partial charge in [-0.25, -0.2) is 9.78 Å². The Labute approximate surface area is 153 Å². The maximum atomic E-state index is 13.0. The lowest BCUT2D eigenvalue weighted by molar-refractivity contribution is 0.0692. The number of aromatic nitrogens is 1. The van der Waals surface area contributed by atoms with E-state index in [1.807, 2.05) is 29.0 Å². The first-order valence-corrected chi connectivity index (χ1v) is 9.11. The molecule has 2 heterocycles. The molecule has 2 N–H and O–H groups in total. The van der Waals surface area contributed by atoms with Gasteiger partial charge in [0, 0.05) is 10.8 Å². The summed E-state index contributed by atoms with van der Waals surface area (Å²) in [5, 5.41) is 16.6. The zero-order chi connectivity index (χ0) is 18.3. The Morgan fingerprint density at radius 1 is 1.31 bits per heavy atom. The summed E-state index contributed by atoms with van der Waals surface area (Å²) in [4.78, 5) is 28.8. The average Bonchev–Trinajstić information content (AvgIpc) is 3.36. The number of carboxylic acid groups (broad SMARTS) is 1. The van der Waals surface area contributed by atoms with Crippen LogP contribution in [0.25, 0.3) is 10.9 Å². The number of methoxy groups -OCH3 is 1. The van der Waals surface area contributed by atoms with E-state index >= 15 is 0 Å². The molecule has 1 amide bonds. The normalized spacial score (nSPS) is 13.6. The molecular formula is C19H16N2O4S. The molecule has 6 nitrogen and oxygen atoms in total. The molecule has 2 aromatic heterocycles. The largest absolute Gasteiger partial charge is 0.480 e. The summed E-state index contributed by atoms with van der Waals surface area (Å²) in [6.45, 7) is 0. The highest BCUT2D eigenvalue weighted by molar-refractivity contribution is 7.08. The molecule has 1 aliphatic rings. The molecular weight excluding hydrogens is 352 g/mol. The molecule has 4 rings (SSSR count). The molecule has 0 saturated heterocycles. The van der Waals surface area contributed by atoms with Crippen molar-refractivity contribution in [1.82, 2.24) is 4.98 Å². The summed E-state index contributed by atoms with van der Waals surface area (Å²) < 4.78 is 5.15. The minimum atomic E-state index is -1.12. The van der Waals surface area contributed by atoms with Crippen molar-refractivity contribution in [2.75, 3.05) is 12.4 Å². The molecule has 3 aromatic rings. The first-order chi connectivity index (χ1) is 12.6. The van der Waals surface area contributed by atoms with Gasteiger partial charge in [0.25, 0.3) is 5.91 Å². The van der Waals surface area contributed by atoms with Crippen molar-refractivity contribution < 1.29 is 19.4 Å². The second kappa shape index (κ2) is 6.42. The van der Waals surface area contributed by atoms with Crippen molar-refractivity contribution in [2.45, 2.75) is 18.8 Å². The zero-order valence-corrected chi connectivity index (χ0v) is 14.8. The van der Waals surface area contributed by atoms with Crippen molar-refractivity contribution in [1.29, 1.82) is 0 Å². The number of thiophene rings is 1. The number of rotatable bonds is 5. The Balaban J connectivity index is 1.90. The molecule has 1 fully saturated rings. The molecule has 0 radical (unpaired) electrons. The molecule has 0 aliphatic heterocycles. The molecule has 1 saturated carbocycles. The van der Waals surface area contributed by atoms with Crippen LogP contribution in [0.4, 0.5) is 5.69 Å². The van der Waals surface area contributed by atoms with Crippen LogP contribution in [0.5, 0.6) is 5.88 Å². The van der Waals surface area contributed by atoms with Gasteiger partial charge in [0.2, 0.25) is 5.88 Å². The van der Waals surface area contributed by atoms with Gasteiger partial charge in [0.05, 0.1) is 23.9 Å². The Morgan fingerprint density at radius 3 is 2.73 bits per heavy atom. The summed E-state index contributed by atoms with van der Waals surface area (Å²) in [6, 6.07) is 7.06. The van der Waals surface area contributed by atoms with E-state index in [-0.39, 0.29) is 17.4 Å². The molecule has 132 valence electrons. The first kappa shape index (κ1) is 16.5. The van der Waals surface area contributed by atoms with Gasteiger partial charge in [-0.05, 0) is 41.8 Å². The number of ether oxygens (including phenoxy) is 1. The van der Waals surface area contributed by atoms with Crippen molar-refractivity contribution in [3.8, 4) is 5.88 Å². The monoisotopic (exact) mass is 368 g/mol. The van der Waals surface area contributed by atoms with Crippen LogP contribution in [0, 0.1) is 0 Å². The number of nitrogens with zero attached hydrogens (tertiary/aromatic N) is 1. The lowest BCUT2D eigenvalue weighted by Gasteiger charge is -2.14. The van der Waals surface area contributed by atoms with Crippen molar-refractivity contribution >= 4 is 39.8 Å². The molecule has 0 atom stereocenters. The van der Waals surface area contributed by atoms with Crippen LogP contribution in [-0.4, -0.2) is 29.1 Å². The average molecular weight is 368 g/mol. The number of pyridine rings is 1. The quantitative estimate of drug-likeness (QED) is 0.707. The highest BCUT2D eigenvalue weighted by Gasteiger charge is 2.30. The van der Waals surface area contributed by atoms with Crippen LogP contribution in [0.3, 0.4) is 0 Å². The topological polar surface area (TPSA) is 88.5 Å². The SMILES string of the molecule is COc1nc2c(C(=O)Nc3ccsc3)c(C3CC3)ccc2cc1C(=O)O. The maximum absolute atomic E-state index is 13.0. The van der Waals surface area contributed by atoms with Gasteiger partial charge in [-0.1, -0.05) is 12.1 Å². The third-order valence-corrected chi connectivity index (χ3v) is 5.12. The maximum Gasteiger partial charge on any atom is 0.341 e. The predicted molar refractivity (Wildman–Crippen MR) is 99.5 cm³/mol. The van der Waals surface area contributed by atoms with E-state index in [9.17, 15) is 14.7 Å². The Morgan fingerprint density at radius 2 is 2.12 bits per heavy atom. The van der Waals surface area contributed by atoms with E-state index < -0.39 is 5.97 Å². The molecule has 7 heteroatoms. The lowest BCUT2D eigenvalue weighted by Crippen LogP contribution is -2.15. The lowest BCUT2D eigenvalue weighted by atomic mass is 9.97. The van der Waals surface area contributed by atoms with Gasteiger partial charge < -0.3 is 15.2 Å². The molecule has 1 aliphatic carbocycles. The number of fused-ring (bicyclic) bond motifs is 1. The standard InChI is InChI=1S/C19H16N2O4S/c1-25-18-14(19(23)24)8-11-4-5-13(10-2-3-10)15(16(11)21-18)17(22)20-12-6-7-26-9-12/h4-10H,2-3H2,1H3,(H,20,22)(H,23,24). The van der Waals surface area contributed by atoms with E-state index in [0.717, 1.165) is 24.1 Å². The number of anilines is 1.